The van der Waals surface area contributed by atoms with E-state index in [0.717, 1.165) is 17.1 Å². The molecule has 0 aromatic carbocycles. The van der Waals surface area contributed by atoms with Crippen LogP contribution < -0.4 is 6.15 Å². The molecule has 0 unspecified atom stereocenters. The van der Waals surface area contributed by atoms with Gasteiger partial charge in [-0.2, -0.15) is 0 Å². The van der Waals surface area contributed by atoms with Crippen molar-refractivity contribution < 1.29 is 9.85 Å². The predicted octanol–water partition coefficient (Wildman–Crippen LogP) is 0.0546. The zero-order valence-electron chi connectivity index (χ0n) is 6.44. The summed E-state index contributed by atoms with van der Waals surface area (Å²) in [5.74, 6) is 0. The zero-order chi connectivity index (χ0) is 9.14. The second-order valence-electron chi connectivity index (χ2n) is 1.93. The second kappa shape index (κ2) is 4.11. The highest BCUT2D eigenvalue weighted by Crippen LogP contribution is 2.05. The van der Waals surface area contributed by atoms with Crippen LogP contribution in [0.25, 0.3) is 0 Å². The molecule has 1 rings (SSSR count). The Bertz CT molecular complexity index is 281. The van der Waals surface area contributed by atoms with Crippen molar-refractivity contribution in [3.05, 3.63) is 38.9 Å². The minimum Gasteiger partial charge on any atom is -0.344 e. The molecule has 0 fully saturated rings. The molecule has 1 heterocycles. The molecular formula is C4H7N5O4. The predicted molar refractivity (Wildman–Crippen MR) is 40.3 cm³/mol. The largest absolute Gasteiger partial charge is 0.540 e. The molecule has 0 aliphatic rings. The lowest BCUT2D eigenvalue weighted by atomic mass is 10.8. The first-order chi connectivity index (χ1) is 5.63. The molecular weight excluding hydrogens is 182 g/mol. The van der Waals surface area contributed by atoms with Crippen LogP contribution in [0.15, 0.2) is 18.7 Å². The third-order valence-electron chi connectivity index (χ3n) is 1.17. The highest BCUT2D eigenvalue weighted by molar-refractivity contribution is 4.73. The summed E-state index contributed by atoms with van der Waals surface area (Å²) in [5.41, 5.74) is 0. The van der Waals surface area contributed by atoms with E-state index in [-0.39, 0.29) is 6.15 Å². The van der Waals surface area contributed by atoms with E-state index in [1.54, 1.807) is 0 Å². The standard InChI is InChI=1S/C4H4N4O4.H3N/c9-7(10)4(8(11)12)6-2-1-5-3-6;/h1-4H;1H3. The molecule has 0 saturated carbocycles. The first-order valence-corrected chi connectivity index (χ1v) is 2.87. The number of rotatable bonds is 3. The molecule has 0 aliphatic heterocycles. The second-order valence-corrected chi connectivity index (χ2v) is 1.93. The Labute approximate surface area is 71.9 Å². The lowest BCUT2D eigenvalue weighted by Gasteiger charge is -2.00. The van der Waals surface area contributed by atoms with Crippen molar-refractivity contribution >= 4 is 0 Å². The molecule has 0 spiro atoms. The minimum absolute atomic E-state index is 0. The Morgan fingerprint density at radius 2 is 1.85 bits per heavy atom. The van der Waals surface area contributed by atoms with Gasteiger partial charge in [-0.3, -0.25) is 20.2 Å². The van der Waals surface area contributed by atoms with Gasteiger partial charge in [0.2, 0.25) is 0 Å². The van der Waals surface area contributed by atoms with E-state index in [0.29, 0.717) is 0 Å². The van der Waals surface area contributed by atoms with Crippen molar-refractivity contribution in [2.45, 2.75) is 6.29 Å². The molecule has 9 heteroatoms. The van der Waals surface area contributed by atoms with Crippen molar-refractivity contribution in [3.8, 4) is 0 Å². The summed E-state index contributed by atoms with van der Waals surface area (Å²) in [7, 11) is 0. The van der Waals surface area contributed by atoms with Crippen LogP contribution in [0.3, 0.4) is 0 Å². The van der Waals surface area contributed by atoms with Crippen LogP contribution in [0.5, 0.6) is 0 Å². The fourth-order valence-corrected chi connectivity index (χ4v) is 0.701. The van der Waals surface area contributed by atoms with Gasteiger partial charge in [0, 0.05) is 12.4 Å². The van der Waals surface area contributed by atoms with Crippen LogP contribution in [0.4, 0.5) is 0 Å². The number of hydrogen-bond donors (Lipinski definition) is 1. The maximum Gasteiger partial charge on any atom is 0.540 e. The van der Waals surface area contributed by atoms with E-state index in [1.807, 2.05) is 0 Å². The van der Waals surface area contributed by atoms with E-state index in [9.17, 15) is 20.2 Å². The van der Waals surface area contributed by atoms with Gasteiger partial charge in [0.25, 0.3) is 0 Å². The molecule has 1 aromatic rings. The fourth-order valence-electron chi connectivity index (χ4n) is 0.701. The van der Waals surface area contributed by atoms with E-state index < -0.39 is 16.1 Å². The molecule has 0 radical (unpaired) electrons. The van der Waals surface area contributed by atoms with Crippen LogP contribution >= 0.6 is 0 Å². The van der Waals surface area contributed by atoms with Gasteiger partial charge in [-0.05, 0) is 0 Å². The van der Waals surface area contributed by atoms with Gasteiger partial charge in [-0.25, -0.2) is 9.55 Å². The summed E-state index contributed by atoms with van der Waals surface area (Å²) in [6.45, 7) is 0. The third-order valence-corrected chi connectivity index (χ3v) is 1.17. The number of aromatic nitrogens is 2. The van der Waals surface area contributed by atoms with Gasteiger partial charge in [0.15, 0.2) is 0 Å². The molecule has 3 N–H and O–H groups in total. The topological polar surface area (TPSA) is 139 Å². The third kappa shape index (κ3) is 2.20. The van der Waals surface area contributed by atoms with E-state index in [1.165, 1.54) is 6.20 Å². The Morgan fingerprint density at radius 1 is 1.31 bits per heavy atom. The Kier molecular flexibility index (Phi) is 3.47. The SMILES string of the molecule is N.O=[N+]([O-])C(n1ccnc1)[N+](=O)[O-]. The van der Waals surface area contributed by atoms with Gasteiger partial charge in [-0.1, -0.05) is 0 Å². The lowest BCUT2D eigenvalue weighted by Crippen LogP contribution is -2.24. The zero-order valence-corrected chi connectivity index (χ0v) is 6.44. The van der Waals surface area contributed by atoms with Crippen LogP contribution in [-0.2, 0) is 0 Å². The number of nitro groups is 2. The van der Waals surface area contributed by atoms with Crippen molar-refractivity contribution in [2.75, 3.05) is 0 Å². The Morgan fingerprint density at radius 3 is 2.15 bits per heavy atom. The van der Waals surface area contributed by atoms with E-state index >= 15 is 0 Å². The van der Waals surface area contributed by atoms with Gasteiger partial charge >= 0.3 is 6.29 Å². The summed E-state index contributed by atoms with van der Waals surface area (Å²) >= 11 is 0. The molecule has 0 atom stereocenters. The monoisotopic (exact) mass is 189 g/mol. The van der Waals surface area contributed by atoms with E-state index in [4.69, 9.17) is 0 Å². The van der Waals surface area contributed by atoms with Crippen molar-refractivity contribution in [1.29, 1.82) is 0 Å². The molecule has 0 aliphatic carbocycles. The average Bonchev–Trinajstić information content (AvgIpc) is 2.37. The smallest absolute Gasteiger partial charge is 0.344 e. The lowest BCUT2D eigenvalue weighted by molar-refractivity contribution is -0.773. The maximum absolute atomic E-state index is 10.2. The molecule has 0 amide bonds. The van der Waals surface area contributed by atoms with Crippen molar-refractivity contribution in [1.82, 2.24) is 15.7 Å². The first kappa shape index (κ1) is 11.0. The molecule has 9 nitrogen and oxygen atoms in total. The van der Waals surface area contributed by atoms with Gasteiger partial charge in [0.05, 0.1) is 0 Å². The van der Waals surface area contributed by atoms with Gasteiger partial charge < -0.3 is 6.15 Å². The molecule has 72 valence electrons. The van der Waals surface area contributed by atoms with Crippen molar-refractivity contribution in [3.63, 3.8) is 0 Å². The molecule has 0 saturated heterocycles. The number of nitrogens with zero attached hydrogens (tertiary/aromatic N) is 4. The van der Waals surface area contributed by atoms with Gasteiger partial charge in [-0.15, -0.1) is 0 Å². The average molecular weight is 189 g/mol. The van der Waals surface area contributed by atoms with Crippen LogP contribution in [0, 0.1) is 20.2 Å². The Hall–Kier alpha value is -2.03. The first-order valence-electron chi connectivity index (χ1n) is 2.87. The summed E-state index contributed by atoms with van der Waals surface area (Å²) in [5, 5.41) is 20.3. The number of hydrogen-bond acceptors (Lipinski definition) is 6. The number of imidazole rings is 1. The Balaban J connectivity index is 0.00000144. The van der Waals surface area contributed by atoms with E-state index in [2.05, 4.69) is 4.98 Å². The van der Waals surface area contributed by atoms with Crippen LogP contribution in [-0.4, -0.2) is 19.4 Å². The van der Waals surface area contributed by atoms with Crippen LogP contribution in [0.2, 0.25) is 0 Å². The summed E-state index contributed by atoms with van der Waals surface area (Å²) in [6.07, 6.45) is 1.44. The fraction of sp³-hybridized carbons (Fsp3) is 0.250. The quantitative estimate of drug-likeness (QED) is 0.404. The summed E-state index contributed by atoms with van der Waals surface area (Å²) < 4.78 is 0.806. The van der Waals surface area contributed by atoms with Gasteiger partial charge in [0.1, 0.15) is 16.2 Å². The van der Waals surface area contributed by atoms with Crippen molar-refractivity contribution in [2.24, 2.45) is 0 Å². The highest BCUT2D eigenvalue weighted by Gasteiger charge is 2.33. The highest BCUT2D eigenvalue weighted by atomic mass is 16.7. The molecule has 13 heavy (non-hydrogen) atoms. The summed E-state index contributed by atoms with van der Waals surface area (Å²) in [4.78, 5) is 21.8. The summed E-state index contributed by atoms with van der Waals surface area (Å²) in [6, 6.07) is 0. The van der Waals surface area contributed by atoms with Crippen LogP contribution in [0.1, 0.15) is 6.29 Å². The molecule has 1 aromatic heterocycles. The molecule has 0 bridgehead atoms. The maximum atomic E-state index is 10.2. The normalized spacial score (nSPS) is 9.31. The minimum atomic E-state index is -1.98.